The fraction of sp³-hybridized carbons (Fsp3) is 0.571. The molecular weight excluding hydrogens is 681 g/mol. The molecule has 3 heterocycles. The van der Waals surface area contributed by atoms with E-state index in [0.717, 1.165) is 6.42 Å². The summed E-state index contributed by atoms with van der Waals surface area (Å²) in [4.78, 5) is 43.4. The molecule has 16 heteroatoms. The molecule has 15 nitrogen and oxygen atoms in total. The molecule has 3 aromatic rings. The Morgan fingerprint density at radius 1 is 1.02 bits per heavy atom. The van der Waals surface area contributed by atoms with E-state index in [1.54, 1.807) is 77.1 Å². The van der Waals surface area contributed by atoms with Crippen LogP contribution in [0.25, 0.3) is 5.52 Å². The second-order valence-electron chi connectivity index (χ2n) is 14.2. The molecule has 1 aromatic carbocycles. The van der Waals surface area contributed by atoms with Gasteiger partial charge in [0.05, 0.1) is 30.7 Å². The van der Waals surface area contributed by atoms with Gasteiger partial charge in [-0.1, -0.05) is 66.7 Å². The summed E-state index contributed by atoms with van der Waals surface area (Å²) >= 11 is 0. The van der Waals surface area contributed by atoms with Crippen LogP contribution in [0.2, 0.25) is 0 Å². The fourth-order valence-electron chi connectivity index (χ4n) is 5.13. The van der Waals surface area contributed by atoms with Gasteiger partial charge in [0, 0.05) is 0 Å². The lowest BCUT2D eigenvalue weighted by molar-refractivity contribution is -0.175. The molecule has 1 fully saturated rings. The zero-order valence-electron chi connectivity index (χ0n) is 30.7. The van der Waals surface area contributed by atoms with E-state index in [-0.39, 0.29) is 23.6 Å². The number of aromatic nitrogens is 3. The number of nitrogens with one attached hydrogen (secondary N) is 1. The molecule has 2 aromatic heterocycles. The molecule has 1 aliphatic heterocycles. The number of para-hydroxylation sites is 1. The molecule has 0 aliphatic carbocycles. The van der Waals surface area contributed by atoms with Crippen molar-refractivity contribution >= 4 is 37.0 Å². The van der Waals surface area contributed by atoms with E-state index in [1.165, 1.54) is 17.8 Å². The summed E-state index contributed by atoms with van der Waals surface area (Å²) in [5, 5.41) is 7.03. The Morgan fingerprint density at radius 3 is 2.29 bits per heavy atom. The summed E-state index contributed by atoms with van der Waals surface area (Å²) < 4.78 is 51.9. The topological polar surface area (TPSA) is 192 Å². The van der Waals surface area contributed by atoms with Crippen molar-refractivity contribution in [2.75, 3.05) is 18.9 Å². The highest BCUT2D eigenvalue weighted by Crippen LogP contribution is 2.48. The summed E-state index contributed by atoms with van der Waals surface area (Å²) in [6.45, 7) is 15.4. The number of fused-ring (bicyclic) bond motifs is 1. The van der Waals surface area contributed by atoms with Crippen LogP contribution in [-0.4, -0.2) is 70.1 Å². The van der Waals surface area contributed by atoms with Crippen LogP contribution >= 0.6 is 7.75 Å². The maximum atomic E-state index is 14.5. The van der Waals surface area contributed by atoms with E-state index in [2.05, 4.69) is 15.2 Å². The van der Waals surface area contributed by atoms with Crippen LogP contribution in [0.3, 0.4) is 0 Å². The number of carbonyl (C=O) groups is 3. The fourth-order valence-corrected chi connectivity index (χ4v) is 6.64. The lowest BCUT2D eigenvalue weighted by atomic mass is 9.92. The zero-order valence-corrected chi connectivity index (χ0v) is 31.5. The minimum Gasteiger partial charge on any atom is -0.464 e. The average molecular weight is 732 g/mol. The van der Waals surface area contributed by atoms with E-state index in [4.69, 9.17) is 33.7 Å². The number of rotatable bonds is 16. The van der Waals surface area contributed by atoms with Gasteiger partial charge < -0.3 is 29.2 Å². The van der Waals surface area contributed by atoms with Crippen molar-refractivity contribution < 1.29 is 46.9 Å². The van der Waals surface area contributed by atoms with Crippen molar-refractivity contribution in [3.8, 4) is 5.75 Å². The van der Waals surface area contributed by atoms with Crippen molar-refractivity contribution in [1.29, 1.82) is 0 Å². The number of nitrogens with zero attached hydrogens (tertiary/aromatic N) is 3. The lowest BCUT2D eigenvalue weighted by Gasteiger charge is -2.31. The van der Waals surface area contributed by atoms with Crippen LogP contribution in [0.5, 0.6) is 5.75 Å². The number of anilines is 1. The number of ether oxygens (including phenoxy) is 4. The van der Waals surface area contributed by atoms with Crippen LogP contribution in [0.15, 0.2) is 48.8 Å². The van der Waals surface area contributed by atoms with Crippen LogP contribution in [0.4, 0.5) is 5.82 Å². The number of hydrogen-bond acceptors (Lipinski definition) is 13. The third-order valence-electron chi connectivity index (χ3n) is 8.68. The predicted octanol–water partition coefficient (Wildman–Crippen LogP) is 5.22. The molecule has 51 heavy (non-hydrogen) atoms. The summed E-state index contributed by atoms with van der Waals surface area (Å²) in [6.07, 6.45) is -1.60. The monoisotopic (exact) mass is 731 g/mol. The Bertz CT molecular complexity index is 1730. The molecule has 6 atom stereocenters. The molecular formula is C35H50N5O10P. The minimum atomic E-state index is -4.39. The van der Waals surface area contributed by atoms with Gasteiger partial charge in [-0.05, 0) is 49.9 Å². The predicted molar refractivity (Wildman–Crippen MR) is 187 cm³/mol. The molecule has 1 unspecified atom stereocenters. The molecule has 0 spiro atoms. The second-order valence-corrected chi connectivity index (χ2v) is 15.9. The first kappa shape index (κ1) is 39.7. The Morgan fingerprint density at radius 2 is 1.67 bits per heavy atom. The molecule has 1 saturated heterocycles. The van der Waals surface area contributed by atoms with Gasteiger partial charge in [0.25, 0.3) is 0 Å². The van der Waals surface area contributed by atoms with Crippen molar-refractivity contribution in [1.82, 2.24) is 19.7 Å². The van der Waals surface area contributed by atoms with Gasteiger partial charge in [-0.15, -0.1) is 0 Å². The molecule has 0 radical (unpaired) electrons. The van der Waals surface area contributed by atoms with Crippen molar-refractivity contribution in [2.45, 2.75) is 98.7 Å². The van der Waals surface area contributed by atoms with Gasteiger partial charge in [-0.3, -0.25) is 18.9 Å². The summed E-state index contributed by atoms with van der Waals surface area (Å²) in [5.41, 5.74) is 5.23. The normalized spacial score (nSPS) is 22.5. The third kappa shape index (κ3) is 9.45. The molecule has 0 saturated carbocycles. The summed E-state index contributed by atoms with van der Waals surface area (Å²) in [6, 6.07) is 10.5. The first-order valence-electron chi connectivity index (χ1n) is 17.0. The van der Waals surface area contributed by atoms with Crippen molar-refractivity contribution in [3.63, 3.8) is 0 Å². The SMILES string of the molecule is CCC(C)(C)COC(=O)[C@H](C)NP(=O)(OC[C@H]1O[C@@](C)(c2ccc3c(N)ncnn23)[C@H](OC(=O)C(C)C)[C@@H]1OC(=O)C(C)C)Oc1ccccc1. The van der Waals surface area contributed by atoms with E-state index >= 15 is 0 Å². The smallest absolute Gasteiger partial charge is 0.459 e. The Kier molecular flexibility index (Phi) is 12.5. The summed E-state index contributed by atoms with van der Waals surface area (Å²) in [7, 11) is -4.39. The van der Waals surface area contributed by atoms with E-state index in [1.807, 2.05) is 20.8 Å². The molecule has 280 valence electrons. The van der Waals surface area contributed by atoms with E-state index < -0.39 is 74.1 Å². The lowest BCUT2D eigenvalue weighted by Crippen LogP contribution is -2.46. The molecule has 0 bridgehead atoms. The van der Waals surface area contributed by atoms with Gasteiger partial charge in [0.2, 0.25) is 0 Å². The first-order valence-corrected chi connectivity index (χ1v) is 18.5. The molecule has 3 N–H and O–H groups in total. The molecule has 4 rings (SSSR count). The zero-order chi connectivity index (χ0) is 37.7. The minimum absolute atomic E-state index is 0.151. The molecule has 0 amide bonds. The first-order chi connectivity index (χ1) is 23.9. The van der Waals surface area contributed by atoms with Crippen LogP contribution in [0, 0.1) is 17.3 Å². The average Bonchev–Trinajstić information content (AvgIpc) is 3.63. The number of esters is 3. The van der Waals surface area contributed by atoms with Gasteiger partial charge in [-0.25, -0.2) is 14.1 Å². The van der Waals surface area contributed by atoms with E-state index in [0.29, 0.717) is 11.2 Å². The van der Waals surface area contributed by atoms with Gasteiger partial charge >= 0.3 is 25.7 Å². The largest absolute Gasteiger partial charge is 0.464 e. The van der Waals surface area contributed by atoms with Gasteiger partial charge in [0.1, 0.15) is 35.3 Å². The quantitative estimate of drug-likeness (QED) is 0.111. The van der Waals surface area contributed by atoms with Crippen LogP contribution in [-0.2, 0) is 48.0 Å². The van der Waals surface area contributed by atoms with Crippen molar-refractivity contribution in [3.05, 3.63) is 54.5 Å². The summed E-state index contributed by atoms with van der Waals surface area (Å²) in [5.74, 6) is -2.53. The highest BCUT2D eigenvalue weighted by Gasteiger charge is 2.59. The highest BCUT2D eigenvalue weighted by atomic mass is 31.2. The van der Waals surface area contributed by atoms with Crippen LogP contribution < -0.4 is 15.3 Å². The molecule has 1 aliphatic rings. The number of carbonyl (C=O) groups excluding carboxylic acids is 3. The Labute approximate surface area is 298 Å². The highest BCUT2D eigenvalue weighted by molar-refractivity contribution is 7.52. The number of nitrogens with two attached hydrogens (primary N) is 1. The maximum Gasteiger partial charge on any atom is 0.459 e. The standard InChI is InChI=1S/C35H50N5O10P/c1-10-34(7,8)19-45-33(43)23(6)39-51(44,50-24-14-12-11-13-15-24)46-18-26-28(47-31(41)21(2)3)29(48-32(42)22(4)5)35(9,49-26)27-17-16-25-30(36)37-20-38-40(25)27/h11-17,20-23,26,28-29H,10,18-19H2,1-9H3,(H,39,44)(H2,36,37,38)/t23-,26+,28+,29+,35-,51?/m0/s1. The maximum absolute atomic E-state index is 14.5. The Balaban J connectivity index is 1.71. The van der Waals surface area contributed by atoms with Gasteiger partial charge in [0.15, 0.2) is 18.0 Å². The number of nitrogen functional groups attached to an aromatic ring is 1. The number of hydrogen-bond donors (Lipinski definition) is 2. The Hall–Kier alpha value is -4.04. The van der Waals surface area contributed by atoms with Gasteiger partial charge in [-0.2, -0.15) is 10.2 Å². The van der Waals surface area contributed by atoms with Crippen LogP contribution in [0.1, 0.15) is 74.4 Å². The van der Waals surface area contributed by atoms with E-state index in [9.17, 15) is 18.9 Å². The second kappa shape index (κ2) is 16.1. The van der Waals surface area contributed by atoms with Crippen molar-refractivity contribution in [2.24, 2.45) is 17.3 Å². The third-order valence-corrected chi connectivity index (χ3v) is 10.3. The number of benzene rings is 1.